The van der Waals surface area contributed by atoms with E-state index >= 15 is 0 Å². The molecule has 2 rings (SSSR count). The smallest absolute Gasteiger partial charge is 0.137 e. The SMILES string of the molecule is CC(C)(C)NCc1ccc(OCCn2cccn2)cn1. The van der Waals surface area contributed by atoms with Crippen molar-refractivity contribution in [2.45, 2.75) is 39.4 Å². The minimum absolute atomic E-state index is 0.0978. The summed E-state index contributed by atoms with van der Waals surface area (Å²) in [4.78, 5) is 4.39. The van der Waals surface area contributed by atoms with Gasteiger partial charge in [-0.1, -0.05) is 0 Å². The highest BCUT2D eigenvalue weighted by Gasteiger charge is 2.08. The van der Waals surface area contributed by atoms with E-state index in [1.54, 1.807) is 12.4 Å². The van der Waals surface area contributed by atoms with Crippen LogP contribution < -0.4 is 10.1 Å². The Hall–Kier alpha value is -1.88. The molecule has 0 aliphatic carbocycles. The maximum Gasteiger partial charge on any atom is 0.137 e. The van der Waals surface area contributed by atoms with E-state index < -0.39 is 0 Å². The van der Waals surface area contributed by atoms with Crippen molar-refractivity contribution in [3.8, 4) is 5.75 Å². The van der Waals surface area contributed by atoms with Gasteiger partial charge in [0.25, 0.3) is 0 Å². The first-order valence-electron chi connectivity index (χ1n) is 6.83. The summed E-state index contributed by atoms with van der Waals surface area (Å²) in [6.07, 6.45) is 5.45. The van der Waals surface area contributed by atoms with Crippen molar-refractivity contribution in [1.29, 1.82) is 0 Å². The average molecular weight is 274 g/mol. The molecule has 0 radical (unpaired) electrons. The molecule has 0 spiro atoms. The maximum atomic E-state index is 5.64. The van der Waals surface area contributed by atoms with Crippen LogP contribution in [0.25, 0.3) is 0 Å². The zero-order valence-electron chi connectivity index (χ0n) is 12.3. The molecule has 108 valence electrons. The van der Waals surface area contributed by atoms with Gasteiger partial charge in [0, 0.05) is 24.5 Å². The fraction of sp³-hybridized carbons (Fsp3) is 0.467. The second-order valence-corrected chi connectivity index (χ2v) is 5.71. The van der Waals surface area contributed by atoms with E-state index in [4.69, 9.17) is 4.74 Å². The Labute approximate surface area is 120 Å². The highest BCUT2D eigenvalue weighted by molar-refractivity contribution is 5.19. The van der Waals surface area contributed by atoms with Crippen LogP contribution >= 0.6 is 0 Å². The van der Waals surface area contributed by atoms with Crippen molar-refractivity contribution >= 4 is 0 Å². The van der Waals surface area contributed by atoms with Crippen LogP contribution in [0.4, 0.5) is 0 Å². The van der Waals surface area contributed by atoms with Gasteiger partial charge in [-0.05, 0) is 39.0 Å². The third-order valence-corrected chi connectivity index (χ3v) is 2.75. The van der Waals surface area contributed by atoms with E-state index in [0.717, 1.165) is 24.5 Å². The van der Waals surface area contributed by atoms with Crippen LogP contribution in [0.2, 0.25) is 0 Å². The monoisotopic (exact) mass is 274 g/mol. The maximum absolute atomic E-state index is 5.64. The highest BCUT2D eigenvalue weighted by atomic mass is 16.5. The molecule has 0 bridgehead atoms. The lowest BCUT2D eigenvalue weighted by atomic mass is 10.1. The molecule has 0 unspecified atom stereocenters. The molecule has 5 heteroatoms. The summed E-state index contributed by atoms with van der Waals surface area (Å²) < 4.78 is 7.48. The fourth-order valence-electron chi connectivity index (χ4n) is 1.65. The van der Waals surface area contributed by atoms with Gasteiger partial charge in [0.1, 0.15) is 12.4 Å². The molecule has 0 aliphatic rings. The minimum Gasteiger partial charge on any atom is -0.490 e. The Morgan fingerprint density at radius 2 is 2.15 bits per heavy atom. The van der Waals surface area contributed by atoms with Crippen LogP contribution in [0.1, 0.15) is 26.5 Å². The van der Waals surface area contributed by atoms with Crippen LogP contribution in [-0.2, 0) is 13.1 Å². The van der Waals surface area contributed by atoms with E-state index in [2.05, 4.69) is 36.2 Å². The Morgan fingerprint density at radius 3 is 2.75 bits per heavy atom. The second kappa shape index (κ2) is 6.52. The van der Waals surface area contributed by atoms with E-state index in [9.17, 15) is 0 Å². The number of nitrogens with one attached hydrogen (secondary N) is 1. The Morgan fingerprint density at radius 1 is 1.30 bits per heavy atom. The molecule has 20 heavy (non-hydrogen) atoms. The van der Waals surface area contributed by atoms with Crippen LogP contribution in [0.3, 0.4) is 0 Å². The van der Waals surface area contributed by atoms with Crippen LogP contribution in [0.15, 0.2) is 36.8 Å². The first-order valence-corrected chi connectivity index (χ1v) is 6.83. The summed E-state index contributed by atoms with van der Waals surface area (Å²) in [6.45, 7) is 8.50. The molecule has 5 nitrogen and oxygen atoms in total. The zero-order chi connectivity index (χ0) is 14.4. The molecule has 0 saturated carbocycles. The molecule has 0 atom stereocenters. The molecule has 0 fully saturated rings. The summed E-state index contributed by atoms with van der Waals surface area (Å²) in [7, 11) is 0. The average Bonchev–Trinajstić information content (AvgIpc) is 2.90. The first-order chi connectivity index (χ1) is 9.53. The number of aromatic nitrogens is 3. The quantitative estimate of drug-likeness (QED) is 0.877. The Bertz CT molecular complexity index is 500. The number of ether oxygens (including phenoxy) is 1. The van der Waals surface area contributed by atoms with Crippen LogP contribution in [-0.4, -0.2) is 26.9 Å². The van der Waals surface area contributed by atoms with Gasteiger partial charge in [0.2, 0.25) is 0 Å². The van der Waals surface area contributed by atoms with Crippen molar-refractivity contribution in [3.63, 3.8) is 0 Å². The Balaban J connectivity index is 1.76. The van der Waals surface area contributed by atoms with Crippen molar-refractivity contribution in [2.24, 2.45) is 0 Å². The van der Waals surface area contributed by atoms with Gasteiger partial charge in [0.15, 0.2) is 0 Å². The van der Waals surface area contributed by atoms with Gasteiger partial charge in [-0.2, -0.15) is 5.10 Å². The molecule has 2 aromatic rings. The predicted molar refractivity (Wildman–Crippen MR) is 78.6 cm³/mol. The number of nitrogens with zero attached hydrogens (tertiary/aromatic N) is 3. The van der Waals surface area contributed by atoms with Gasteiger partial charge in [-0.3, -0.25) is 9.67 Å². The third-order valence-electron chi connectivity index (χ3n) is 2.75. The third kappa shape index (κ3) is 5.01. The lowest BCUT2D eigenvalue weighted by molar-refractivity contribution is 0.290. The molecular weight excluding hydrogens is 252 g/mol. The van der Waals surface area contributed by atoms with E-state index in [-0.39, 0.29) is 5.54 Å². The van der Waals surface area contributed by atoms with Gasteiger partial charge in [-0.25, -0.2) is 0 Å². The summed E-state index contributed by atoms with van der Waals surface area (Å²) in [5.74, 6) is 0.789. The van der Waals surface area contributed by atoms with E-state index in [1.165, 1.54) is 0 Å². The largest absolute Gasteiger partial charge is 0.490 e. The van der Waals surface area contributed by atoms with Crippen molar-refractivity contribution in [2.75, 3.05) is 6.61 Å². The molecule has 0 aliphatic heterocycles. The molecule has 2 aromatic heterocycles. The minimum atomic E-state index is 0.0978. The number of pyridine rings is 1. The van der Waals surface area contributed by atoms with Gasteiger partial charge in [0.05, 0.1) is 18.4 Å². The number of rotatable bonds is 6. The standard InChI is InChI=1S/C15H22N4O/c1-15(2,3)17-11-13-5-6-14(12-16-13)20-10-9-19-8-4-7-18-19/h4-8,12,17H,9-11H2,1-3H3. The topological polar surface area (TPSA) is 52.0 Å². The van der Waals surface area contributed by atoms with Crippen LogP contribution in [0.5, 0.6) is 5.75 Å². The summed E-state index contributed by atoms with van der Waals surface area (Å²) in [5, 5.41) is 7.53. The van der Waals surface area contributed by atoms with Gasteiger partial charge in [-0.15, -0.1) is 0 Å². The van der Waals surface area contributed by atoms with Gasteiger partial charge < -0.3 is 10.1 Å². The molecular formula is C15H22N4O. The fourth-order valence-corrected chi connectivity index (χ4v) is 1.65. The van der Waals surface area contributed by atoms with Crippen molar-refractivity contribution in [3.05, 3.63) is 42.5 Å². The summed E-state index contributed by atoms with van der Waals surface area (Å²) >= 11 is 0. The summed E-state index contributed by atoms with van der Waals surface area (Å²) in [5.41, 5.74) is 1.11. The molecule has 1 N–H and O–H groups in total. The predicted octanol–water partition coefficient (Wildman–Crippen LogP) is 2.25. The zero-order valence-corrected chi connectivity index (χ0v) is 12.3. The molecule has 0 amide bonds. The van der Waals surface area contributed by atoms with E-state index in [1.807, 2.05) is 29.1 Å². The second-order valence-electron chi connectivity index (χ2n) is 5.71. The molecule has 0 saturated heterocycles. The van der Waals surface area contributed by atoms with Gasteiger partial charge >= 0.3 is 0 Å². The lowest BCUT2D eigenvalue weighted by Gasteiger charge is -2.20. The normalized spacial score (nSPS) is 11.6. The summed E-state index contributed by atoms with van der Waals surface area (Å²) in [6, 6.07) is 5.84. The molecule has 0 aromatic carbocycles. The van der Waals surface area contributed by atoms with Crippen molar-refractivity contribution in [1.82, 2.24) is 20.1 Å². The number of hydrogen-bond donors (Lipinski definition) is 1. The molecule has 2 heterocycles. The Kier molecular flexibility index (Phi) is 4.74. The van der Waals surface area contributed by atoms with Crippen LogP contribution in [0, 0.1) is 0 Å². The number of hydrogen-bond acceptors (Lipinski definition) is 4. The first kappa shape index (κ1) is 14.5. The lowest BCUT2D eigenvalue weighted by Crippen LogP contribution is -2.35. The highest BCUT2D eigenvalue weighted by Crippen LogP contribution is 2.10. The van der Waals surface area contributed by atoms with E-state index in [0.29, 0.717) is 6.61 Å². The van der Waals surface area contributed by atoms with Crippen molar-refractivity contribution < 1.29 is 4.74 Å².